The van der Waals surface area contributed by atoms with Crippen molar-refractivity contribution in [1.82, 2.24) is 9.78 Å². The van der Waals surface area contributed by atoms with Gasteiger partial charge in [0.1, 0.15) is 5.69 Å². The number of aromatic nitrogens is 2. The second-order valence-electron chi connectivity index (χ2n) is 5.87. The zero-order chi connectivity index (χ0) is 14.8. The van der Waals surface area contributed by atoms with Gasteiger partial charge in [0.05, 0.1) is 12.2 Å². The number of nitrogens with zero attached hydrogens (tertiary/aromatic N) is 2. The van der Waals surface area contributed by atoms with Crippen LogP contribution in [0.3, 0.4) is 0 Å². The Morgan fingerprint density at radius 1 is 1.25 bits per heavy atom. The van der Waals surface area contributed by atoms with Crippen molar-refractivity contribution in [2.24, 2.45) is 0 Å². The van der Waals surface area contributed by atoms with Crippen molar-refractivity contribution in [3.63, 3.8) is 0 Å². The van der Waals surface area contributed by atoms with E-state index in [-0.39, 0.29) is 5.41 Å². The summed E-state index contributed by atoms with van der Waals surface area (Å²) in [7, 11) is 0. The summed E-state index contributed by atoms with van der Waals surface area (Å²) in [4.78, 5) is 11.0. The van der Waals surface area contributed by atoms with Gasteiger partial charge in [-0.15, -0.1) is 6.58 Å². The van der Waals surface area contributed by atoms with Crippen molar-refractivity contribution in [2.75, 3.05) is 0 Å². The van der Waals surface area contributed by atoms with Crippen LogP contribution in [0.15, 0.2) is 43.0 Å². The van der Waals surface area contributed by atoms with E-state index in [1.807, 2.05) is 6.07 Å². The highest BCUT2D eigenvalue weighted by atomic mass is 16.1. The third kappa shape index (κ3) is 2.87. The van der Waals surface area contributed by atoms with Gasteiger partial charge in [0.25, 0.3) is 0 Å². The number of carbonyl (C=O) groups is 1. The van der Waals surface area contributed by atoms with Crippen LogP contribution in [0, 0.1) is 0 Å². The first kappa shape index (κ1) is 14.3. The van der Waals surface area contributed by atoms with E-state index in [4.69, 9.17) is 0 Å². The van der Waals surface area contributed by atoms with Gasteiger partial charge in [-0.1, -0.05) is 51.1 Å². The topological polar surface area (TPSA) is 34.9 Å². The zero-order valence-corrected chi connectivity index (χ0v) is 12.3. The van der Waals surface area contributed by atoms with Gasteiger partial charge in [-0.2, -0.15) is 5.10 Å². The minimum Gasteiger partial charge on any atom is -0.296 e. The van der Waals surface area contributed by atoms with Crippen LogP contribution in [-0.4, -0.2) is 16.1 Å². The Hall–Kier alpha value is -2.16. The van der Waals surface area contributed by atoms with E-state index >= 15 is 0 Å². The highest BCUT2D eigenvalue weighted by Crippen LogP contribution is 2.25. The first-order valence-electron chi connectivity index (χ1n) is 6.70. The standard InChI is InChI=1S/C17H20N2O/c1-5-10-19-15(12-20)11-16(18-19)13-6-8-14(9-7-13)17(2,3)4/h5-9,11-12H,1,10H2,2-4H3. The van der Waals surface area contributed by atoms with E-state index in [1.165, 1.54) is 5.56 Å². The molecule has 0 spiro atoms. The number of hydrogen-bond acceptors (Lipinski definition) is 2. The molecule has 0 radical (unpaired) electrons. The van der Waals surface area contributed by atoms with E-state index in [0.29, 0.717) is 12.2 Å². The smallest absolute Gasteiger partial charge is 0.168 e. The summed E-state index contributed by atoms with van der Waals surface area (Å²) in [6.45, 7) is 10.8. The predicted octanol–water partition coefficient (Wildman–Crippen LogP) is 3.85. The maximum Gasteiger partial charge on any atom is 0.168 e. The maximum atomic E-state index is 11.0. The van der Waals surface area contributed by atoms with E-state index in [0.717, 1.165) is 17.5 Å². The second kappa shape index (κ2) is 5.45. The molecular weight excluding hydrogens is 248 g/mol. The van der Waals surface area contributed by atoms with Crippen LogP contribution >= 0.6 is 0 Å². The molecule has 0 aliphatic rings. The highest BCUT2D eigenvalue weighted by molar-refractivity contribution is 5.76. The lowest BCUT2D eigenvalue weighted by Gasteiger charge is -2.18. The lowest BCUT2D eigenvalue weighted by molar-refractivity contribution is 0.111. The quantitative estimate of drug-likeness (QED) is 0.623. The zero-order valence-electron chi connectivity index (χ0n) is 12.3. The Morgan fingerprint density at radius 2 is 1.90 bits per heavy atom. The minimum atomic E-state index is 0.134. The van der Waals surface area contributed by atoms with Crippen LogP contribution in [0.5, 0.6) is 0 Å². The van der Waals surface area contributed by atoms with Crippen LogP contribution in [-0.2, 0) is 12.0 Å². The monoisotopic (exact) mass is 268 g/mol. The fourth-order valence-corrected chi connectivity index (χ4v) is 2.08. The molecule has 3 nitrogen and oxygen atoms in total. The number of hydrogen-bond donors (Lipinski definition) is 0. The normalized spacial score (nSPS) is 11.3. The molecule has 0 aliphatic carbocycles. The molecule has 20 heavy (non-hydrogen) atoms. The predicted molar refractivity (Wildman–Crippen MR) is 81.9 cm³/mol. The van der Waals surface area contributed by atoms with Crippen molar-refractivity contribution in [3.05, 3.63) is 54.2 Å². The lowest BCUT2D eigenvalue weighted by atomic mass is 9.86. The summed E-state index contributed by atoms with van der Waals surface area (Å²) in [5.41, 5.74) is 3.81. The van der Waals surface area contributed by atoms with Gasteiger partial charge in [0.2, 0.25) is 0 Å². The molecule has 3 heteroatoms. The number of benzene rings is 1. The number of carbonyl (C=O) groups excluding carboxylic acids is 1. The molecule has 0 amide bonds. The molecule has 2 rings (SSSR count). The van der Waals surface area contributed by atoms with Crippen molar-refractivity contribution < 1.29 is 4.79 Å². The second-order valence-corrected chi connectivity index (χ2v) is 5.87. The average Bonchev–Trinajstić information content (AvgIpc) is 2.81. The third-order valence-corrected chi connectivity index (χ3v) is 3.28. The van der Waals surface area contributed by atoms with E-state index in [2.05, 4.69) is 56.7 Å². The van der Waals surface area contributed by atoms with Gasteiger partial charge in [0, 0.05) is 5.56 Å². The molecule has 0 atom stereocenters. The molecule has 104 valence electrons. The molecule has 1 aromatic heterocycles. The van der Waals surface area contributed by atoms with Crippen molar-refractivity contribution in [2.45, 2.75) is 32.7 Å². The first-order valence-corrected chi connectivity index (χ1v) is 6.70. The summed E-state index contributed by atoms with van der Waals surface area (Å²) in [5.74, 6) is 0. The number of allylic oxidation sites excluding steroid dienone is 1. The number of rotatable bonds is 4. The van der Waals surface area contributed by atoms with E-state index < -0.39 is 0 Å². The molecule has 0 saturated heterocycles. The summed E-state index contributed by atoms with van der Waals surface area (Å²) in [5, 5.41) is 4.45. The van der Waals surface area contributed by atoms with E-state index in [1.54, 1.807) is 10.8 Å². The lowest BCUT2D eigenvalue weighted by Crippen LogP contribution is -2.10. The largest absolute Gasteiger partial charge is 0.296 e. The van der Waals surface area contributed by atoms with Crippen LogP contribution in [0.1, 0.15) is 36.8 Å². The molecule has 0 fully saturated rings. The molecule has 0 aliphatic heterocycles. The van der Waals surface area contributed by atoms with Gasteiger partial charge in [-0.25, -0.2) is 0 Å². The summed E-state index contributed by atoms with van der Waals surface area (Å²) in [6.07, 6.45) is 2.55. The van der Waals surface area contributed by atoms with Gasteiger partial charge >= 0.3 is 0 Å². The van der Waals surface area contributed by atoms with Gasteiger partial charge in [-0.05, 0) is 17.0 Å². The molecular formula is C17H20N2O. The Morgan fingerprint density at radius 3 is 2.40 bits per heavy atom. The Kier molecular flexibility index (Phi) is 3.89. The Bertz CT molecular complexity index is 615. The SMILES string of the molecule is C=CCn1nc(-c2ccc(C(C)(C)C)cc2)cc1C=O. The molecule has 0 unspecified atom stereocenters. The van der Waals surface area contributed by atoms with Crippen molar-refractivity contribution in [3.8, 4) is 11.3 Å². The maximum absolute atomic E-state index is 11.0. The fourth-order valence-electron chi connectivity index (χ4n) is 2.08. The molecule has 1 heterocycles. The van der Waals surface area contributed by atoms with Crippen LogP contribution < -0.4 is 0 Å². The van der Waals surface area contributed by atoms with Crippen LogP contribution in [0.2, 0.25) is 0 Å². The molecule has 1 aromatic carbocycles. The third-order valence-electron chi connectivity index (χ3n) is 3.28. The molecule has 0 N–H and O–H groups in total. The summed E-state index contributed by atoms with van der Waals surface area (Å²) < 4.78 is 1.66. The van der Waals surface area contributed by atoms with Crippen molar-refractivity contribution >= 4 is 6.29 Å². The first-order chi connectivity index (χ1) is 9.45. The average molecular weight is 268 g/mol. The van der Waals surface area contributed by atoms with Crippen LogP contribution in [0.4, 0.5) is 0 Å². The summed E-state index contributed by atoms with van der Waals surface area (Å²) in [6, 6.07) is 10.1. The van der Waals surface area contributed by atoms with E-state index in [9.17, 15) is 4.79 Å². The highest BCUT2D eigenvalue weighted by Gasteiger charge is 2.14. The minimum absolute atomic E-state index is 0.134. The van der Waals surface area contributed by atoms with Gasteiger partial charge < -0.3 is 0 Å². The fraction of sp³-hybridized carbons (Fsp3) is 0.294. The Labute approximate surface area is 119 Å². The number of aldehydes is 1. The van der Waals surface area contributed by atoms with Gasteiger partial charge in [-0.3, -0.25) is 9.48 Å². The van der Waals surface area contributed by atoms with Crippen molar-refractivity contribution in [1.29, 1.82) is 0 Å². The molecule has 2 aromatic rings. The summed E-state index contributed by atoms with van der Waals surface area (Å²) >= 11 is 0. The molecule has 0 bridgehead atoms. The van der Waals surface area contributed by atoms with Crippen LogP contribution in [0.25, 0.3) is 11.3 Å². The van der Waals surface area contributed by atoms with Gasteiger partial charge in [0.15, 0.2) is 6.29 Å². The molecule has 0 saturated carbocycles. The Balaban J connectivity index is 2.36.